The number of hydrogen-bond acceptors (Lipinski definition) is 4. The zero-order valence-electron chi connectivity index (χ0n) is 12.4. The van der Waals surface area contributed by atoms with E-state index in [1.807, 2.05) is 0 Å². The molecule has 126 valence electrons. The summed E-state index contributed by atoms with van der Waals surface area (Å²) in [4.78, 5) is 13.1. The van der Waals surface area contributed by atoms with Crippen LogP contribution in [0.25, 0.3) is 0 Å². The van der Waals surface area contributed by atoms with Gasteiger partial charge in [0.15, 0.2) is 11.5 Å². The third-order valence-corrected chi connectivity index (χ3v) is 3.90. The van der Waals surface area contributed by atoms with Gasteiger partial charge in [0.2, 0.25) is 0 Å². The third-order valence-electron chi connectivity index (χ3n) is 3.90. The topological polar surface area (TPSA) is 71.0 Å². The van der Waals surface area contributed by atoms with E-state index in [4.69, 9.17) is 14.6 Å². The molecule has 0 spiro atoms. The monoisotopic (exact) mass is 328 g/mol. The second-order valence-corrected chi connectivity index (χ2v) is 5.66. The molecule has 2 N–H and O–H groups in total. The van der Waals surface area contributed by atoms with Crippen LogP contribution in [0.5, 0.6) is 11.5 Å². The molecule has 0 radical (unpaired) electrons. The second-order valence-electron chi connectivity index (χ2n) is 5.66. The van der Waals surface area contributed by atoms with Gasteiger partial charge in [-0.2, -0.15) is 0 Å². The number of hydrogen-bond donors (Lipinski definition) is 2. The summed E-state index contributed by atoms with van der Waals surface area (Å²) in [5.41, 5.74) is 0.772. The molecule has 8 heteroatoms. The number of rotatable bonds is 3. The molecule has 3 rings (SSSR count). The van der Waals surface area contributed by atoms with E-state index in [1.54, 1.807) is 18.2 Å². The zero-order chi connectivity index (χ0) is 16.4. The Morgan fingerprint density at radius 3 is 2.83 bits per heavy atom. The van der Waals surface area contributed by atoms with Gasteiger partial charge in [-0.3, -0.25) is 0 Å². The fourth-order valence-electron chi connectivity index (χ4n) is 2.78. The number of ether oxygens (including phenoxy) is 2. The molecule has 1 fully saturated rings. The number of halogens is 2. The molecule has 6 nitrogen and oxygen atoms in total. The number of benzene rings is 1. The summed E-state index contributed by atoms with van der Waals surface area (Å²) >= 11 is 0. The first-order valence-electron chi connectivity index (χ1n) is 7.40. The molecule has 23 heavy (non-hydrogen) atoms. The maximum Gasteiger partial charge on any atom is 0.318 e. The second kappa shape index (κ2) is 6.19. The molecule has 1 atom stereocenters. The van der Waals surface area contributed by atoms with Gasteiger partial charge in [0.05, 0.1) is 19.2 Å². The van der Waals surface area contributed by atoms with Crippen LogP contribution in [-0.2, 0) is 6.54 Å². The Hall–Kier alpha value is -2.09. The molecule has 1 saturated heterocycles. The fourth-order valence-corrected chi connectivity index (χ4v) is 2.78. The Labute approximate surface area is 132 Å². The zero-order valence-corrected chi connectivity index (χ0v) is 12.4. The molecular weight excluding hydrogens is 310 g/mol. The number of carbonyl (C=O) groups excluding carboxylic acids is 1. The molecule has 0 aliphatic carbocycles. The van der Waals surface area contributed by atoms with Gasteiger partial charge in [-0.25, -0.2) is 13.6 Å². The normalized spacial score (nSPS) is 22.0. The van der Waals surface area contributed by atoms with Crippen LogP contribution in [0.3, 0.4) is 0 Å². The van der Waals surface area contributed by atoms with Gasteiger partial charge in [-0.05, 0) is 17.7 Å². The summed E-state index contributed by atoms with van der Waals surface area (Å²) in [5.74, 6) is -1.71. The summed E-state index contributed by atoms with van der Waals surface area (Å²) < 4.78 is 37.6. The lowest BCUT2D eigenvalue weighted by molar-refractivity contribution is 0.0141. The van der Waals surface area contributed by atoms with Crippen molar-refractivity contribution >= 4 is 6.03 Å². The van der Waals surface area contributed by atoms with Gasteiger partial charge in [0.25, 0.3) is 5.92 Å². The van der Waals surface area contributed by atoms with Gasteiger partial charge < -0.3 is 24.8 Å². The predicted octanol–water partition coefficient (Wildman–Crippen LogP) is 1.37. The molecule has 0 aromatic heterocycles. The lowest BCUT2D eigenvalue weighted by Crippen LogP contribution is -2.44. The number of likely N-dealkylation sites (tertiary alicyclic amines) is 1. The van der Waals surface area contributed by atoms with Crippen molar-refractivity contribution in [2.45, 2.75) is 24.9 Å². The summed E-state index contributed by atoms with van der Waals surface area (Å²) in [6.45, 7) is -0.0212. The molecular formula is C15H18F2N2O4. The molecule has 1 aromatic carbocycles. The summed E-state index contributed by atoms with van der Waals surface area (Å²) in [5, 5.41) is 11.7. The number of aliphatic hydroxyl groups is 1. The average Bonchev–Trinajstić information content (AvgIpc) is 2.87. The first-order chi connectivity index (χ1) is 11.0. The summed E-state index contributed by atoms with van der Waals surface area (Å²) in [6, 6.07) is 3.80. The van der Waals surface area contributed by atoms with Gasteiger partial charge >= 0.3 is 6.03 Å². The molecule has 1 unspecified atom stereocenters. The predicted molar refractivity (Wildman–Crippen MR) is 76.8 cm³/mol. The molecule has 0 bridgehead atoms. The highest BCUT2D eigenvalue weighted by Gasteiger charge is 2.46. The van der Waals surface area contributed by atoms with Crippen LogP contribution >= 0.6 is 0 Å². The first-order valence-corrected chi connectivity index (χ1v) is 7.40. The molecule has 2 heterocycles. The number of nitrogens with zero attached hydrogens (tertiary/aromatic N) is 1. The van der Waals surface area contributed by atoms with Gasteiger partial charge in [-0.15, -0.1) is 0 Å². The number of carbonyl (C=O) groups is 1. The van der Waals surface area contributed by atoms with E-state index in [9.17, 15) is 13.6 Å². The summed E-state index contributed by atoms with van der Waals surface area (Å²) in [7, 11) is 0. The number of urea groups is 1. The van der Waals surface area contributed by atoms with E-state index in [0.717, 1.165) is 10.5 Å². The Bertz CT molecular complexity index is 597. The van der Waals surface area contributed by atoms with Crippen LogP contribution in [0.4, 0.5) is 13.6 Å². The van der Waals surface area contributed by atoms with E-state index >= 15 is 0 Å². The number of alkyl halides is 2. The molecule has 2 aliphatic rings. The lowest BCUT2D eigenvalue weighted by atomic mass is 10.2. The maximum absolute atomic E-state index is 13.4. The Balaban J connectivity index is 1.61. The Morgan fingerprint density at radius 2 is 2.09 bits per heavy atom. The van der Waals surface area contributed by atoms with Crippen molar-refractivity contribution in [1.82, 2.24) is 10.2 Å². The number of aliphatic hydroxyl groups excluding tert-OH is 1. The summed E-state index contributed by atoms with van der Waals surface area (Å²) in [6.07, 6.45) is -0.513. The van der Waals surface area contributed by atoms with E-state index in [0.29, 0.717) is 24.7 Å². The van der Waals surface area contributed by atoms with Crippen LogP contribution in [0.15, 0.2) is 18.2 Å². The van der Waals surface area contributed by atoms with Gasteiger partial charge in [0.1, 0.15) is 13.2 Å². The van der Waals surface area contributed by atoms with Gasteiger partial charge in [-0.1, -0.05) is 6.07 Å². The SMILES string of the molecule is O=C(NCc1ccc2c(c1)OCCO2)N1CC(F)(F)CC1CO. The standard InChI is InChI=1S/C15H18F2N2O4/c16-15(17)6-11(8-20)19(9-15)14(21)18-7-10-1-2-12-13(5-10)23-4-3-22-12/h1-2,5,11,20H,3-4,6-9H2,(H,18,21). The quantitative estimate of drug-likeness (QED) is 0.879. The average molecular weight is 328 g/mol. The lowest BCUT2D eigenvalue weighted by Gasteiger charge is -2.23. The molecule has 2 amide bonds. The smallest absolute Gasteiger partial charge is 0.318 e. The molecule has 0 saturated carbocycles. The van der Waals surface area contributed by atoms with E-state index in [1.165, 1.54) is 0 Å². The maximum atomic E-state index is 13.4. The highest BCUT2D eigenvalue weighted by Crippen LogP contribution is 2.32. The molecule has 1 aromatic rings. The Kier molecular flexibility index (Phi) is 4.25. The van der Waals surface area contributed by atoms with Crippen molar-refractivity contribution in [2.24, 2.45) is 0 Å². The van der Waals surface area contributed by atoms with Gasteiger partial charge in [0, 0.05) is 13.0 Å². The largest absolute Gasteiger partial charge is 0.486 e. The van der Waals surface area contributed by atoms with E-state index in [-0.39, 0.29) is 6.54 Å². The minimum atomic E-state index is -2.96. The van der Waals surface area contributed by atoms with Crippen molar-refractivity contribution in [2.75, 3.05) is 26.4 Å². The minimum absolute atomic E-state index is 0.176. The van der Waals surface area contributed by atoms with E-state index in [2.05, 4.69) is 5.32 Å². The minimum Gasteiger partial charge on any atom is -0.486 e. The third kappa shape index (κ3) is 3.47. The first kappa shape index (κ1) is 15.8. The van der Waals surface area contributed by atoms with Crippen molar-refractivity contribution in [1.29, 1.82) is 0 Å². The van der Waals surface area contributed by atoms with E-state index < -0.39 is 37.6 Å². The van der Waals surface area contributed by atoms with Crippen molar-refractivity contribution < 1.29 is 28.2 Å². The van der Waals surface area contributed by atoms with Crippen LogP contribution in [0, 0.1) is 0 Å². The Morgan fingerprint density at radius 1 is 1.35 bits per heavy atom. The number of amides is 2. The highest BCUT2D eigenvalue weighted by molar-refractivity contribution is 5.75. The van der Waals surface area contributed by atoms with Crippen LogP contribution in [0.2, 0.25) is 0 Å². The van der Waals surface area contributed by atoms with Crippen LogP contribution in [0.1, 0.15) is 12.0 Å². The van der Waals surface area contributed by atoms with Crippen LogP contribution in [-0.4, -0.2) is 54.4 Å². The number of fused-ring (bicyclic) bond motifs is 1. The molecule has 2 aliphatic heterocycles. The van der Waals surface area contributed by atoms with Crippen molar-refractivity contribution in [3.05, 3.63) is 23.8 Å². The number of nitrogens with one attached hydrogen (secondary N) is 1. The van der Waals surface area contributed by atoms with Crippen LogP contribution < -0.4 is 14.8 Å². The van der Waals surface area contributed by atoms with Crippen molar-refractivity contribution in [3.8, 4) is 11.5 Å². The van der Waals surface area contributed by atoms with Crippen molar-refractivity contribution in [3.63, 3.8) is 0 Å². The highest BCUT2D eigenvalue weighted by atomic mass is 19.3. The fraction of sp³-hybridized carbons (Fsp3) is 0.533.